The highest BCUT2D eigenvalue weighted by atomic mass is 16.5. The molecular formula is C13H18O3. The predicted molar refractivity (Wildman–Crippen MR) is 58.5 cm³/mol. The van der Waals surface area contributed by atoms with Gasteiger partial charge in [-0.3, -0.25) is 0 Å². The molecule has 88 valence electrons. The lowest BCUT2D eigenvalue weighted by atomic mass is 9.53. The van der Waals surface area contributed by atoms with Crippen LogP contribution in [0, 0.1) is 23.7 Å². The lowest BCUT2D eigenvalue weighted by molar-refractivity contribution is -0.135. The van der Waals surface area contributed by atoms with Crippen molar-refractivity contribution in [2.45, 2.75) is 31.8 Å². The number of hydrogen-bond acceptors (Lipinski definition) is 3. The number of carbonyl (C=O) groups excluding carboxylic acids is 1. The van der Waals surface area contributed by atoms with Gasteiger partial charge in [0.2, 0.25) is 0 Å². The Bertz CT molecular complexity index is 347. The number of aliphatic hydroxyl groups excluding tert-OH is 1. The van der Waals surface area contributed by atoms with Crippen LogP contribution in [-0.4, -0.2) is 24.3 Å². The van der Waals surface area contributed by atoms with E-state index in [4.69, 9.17) is 4.74 Å². The number of ether oxygens (including phenoxy) is 1. The number of carbonyl (C=O) groups is 1. The number of hydrogen-bond donors (Lipinski definition) is 1. The molecule has 0 amide bonds. The Balaban J connectivity index is 1.90. The van der Waals surface area contributed by atoms with Crippen molar-refractivity contribution in [3.05, 3.63) is 11.6 Å². The normalized spacial score (nSPS) is 47.4. The zero-order valence-electron chi connectivity index (χ0n) is 9.56. The minimum atomic E-state index is -0.269. The fourth-order valence-corrected chi connectivity index (χ4v) is 4.11. The molecule has 3 heteroatoms. The predicted octanol–water partition coefficient (Wildman–Crippen LogP) is 1.51. The van der Waals surface area contributed by atoms with Crippen LogP contribution in [0.3, 0.4) is 0 Å². The Labute approximate surface area is 95.5 Å². The van der Waals surface area contributed by atoms with Crippen LogP contribution >= 0.6 is 0 Å². The van der Waals surface area contributed by atoms with Gasteiger partial charge in [-0.2, -0.15) is 0 Å². The third kappa shape index (κ3) is 1.41. The van der Waals surface area contributed by atoms with Crippen molar-refractivity contribution in [3.8, 4) is 0 Å². The SMILES string of the molecule is COC(=O)/C=C1\C2CC3CC(C2)C(O)C1C3. The molecular weight excluding hydrogens is 204 g/mol. The molecule has 4 rings (SSSR count). The molecule has 5 unspecified atom stereocenters. The Morgan fingerprint density at radius 3 is 2.94 bits per heavy atom. The highest BCUT2D eigenvalue weighted by molar-refractivity contribution is 5.83. The molecule has 3 nitrogen and oxygen atoms in total. The van der Waals surface area contributed by atoms with Crippen molar-refractivity contribution in [1.29, 1.82) is 0 Å². The second kappa shape index (κ2) is 3.59. The van der Waals surface area contributed by atoms with Crippen LogP contribution in [0.15, 0.2) is 11.6 Å². The van der Waals surface area contributed by atoms with Crippen LogP contribution in [-0.2, 0) is 9.53 Å². The standard InChI is InChI=1S/C13H18O3/c1-16-12(14)6-10-8-2-7-3-9(5-8)13(15)11(10)4-7/h6-9,11,13,15H,2-5H2,1H3/b10-6+. The van der Waals surface area contributed by atoms with E-state index in [-0.39, 0.29) is 18.0 Å². The summed E-state index contributed by atoms with van der Waals surface area (Å²) in [6.45, 7) is 0. The van der Waals surface area contributed by atoms with Gasteiger partial charge in [-0.25, -0.2) is 4.79 Å². The molecule has 0 radical (unpaired) electrons. The Morgan fingerprint density at radius 1 is 1.38 bits per heavy atom. The number of esters is 1. The van der Waals surface area contributed by atoms with Crippen molar-refractivity contribution >= 4 is 5.97 Å². The second-order valence-corrected chi connectivity index (χ2v) is 5.53. The first-order chi connectivity index (χ1) is 7.69. The molecule has 4 fully saturated rings. The molecule has 0 aromatic carbocycles. The first kappa shape index (κ1) is 10.3. The molecule has 1 N–H and O–H groups in total. The van der Waals surface area contributed by atoms with E-state index in [1.807, 2.05) is 0 Å². The monoisotopic (exact) mass is 222 g/mol. The molecule has 5 atom stereocenters. The van der Waals surface area contributed by atoms with Gasteiger partial charge >= 0.3 is 5.97 Å². The minimum absolute atomic E-state index is 0.219. The largest absolute Gasteiger partial charge is 0.466 e. The summed E-state index contributed by atoms with van der Waals surface area (Å²) in [4.78, 5) is 11.3. The van der Waals surface area contributed by atoms with Gasteiger partial charge in [0.05, 0.1) is 13.2 Å². The van der Waals surface area contributed by atoms with Crippen LogP contribution in [0.5, 0.6) is 0 Å². The van der Waals surface area contributed by atoms with Gasteiger partial charge in [0, 0.05) is 12.0 Å². The third-order valence-corrected chi connectivity index (χ3v) is 4.71. The Morgan fingerprint density at radius 2 is 2.19 bits per heavy atom. The first-order valence-corrected chi connectivity index (χ1v) is 6.16. The minimum Gasteiger partial charge on any atom is -0.466 e. The van der Waals surface area contributed by atoms with E-state index >= 15 is 0 Å². The summed E-state index contributed by atoms with van der Waals surface area (Å²) in [5, 5.41) is 10.2. The highest BCUT2D eigenvalue weighted by Crippen LogP contribution is 2.56. The summed E-state index contributed by atoms with van der Waals surface area (Å²) in [7, 11) is 1.41. The van der Waals surface area contributed by atoms with Gasteiger partial charge in [-0.15, -0.1) is 0 Å². The zero-order valence-corrected chi connectivity index (χ0v) is 9.56. The van der Waals surface area contributed by atoms with Crippen molar-refractivity contribution in [2.75, 3.05) is 7.11 Å². The maximum Gasteiger partial charge on any atom is 0.330 e. The average Bonchev–Trinajstić information content (AvgIpc) is 2.29. The Hall–Kier alpha value is -0.830. The van der Waals surface area contributed by atoms with Crippen LogP contribution in [0.4, 0.5) is 0 Å². The molecule has 0 heterocycles. The van der Waals surface area contributed by atoms with Crippen LogP contribution < -0.4 is 0 Å². The topological polar surface area (TPSA) is 46.5 Å². The van der Waals surface area contributed by atoms with Gasteiger partial charge in [0.1, 0.15) is 0 Å². The summed E-state index contributed by atoms with van der Waals surface area (Å²) in [5.74, 6) is 1.76. The first-order valence-electron chi connectivity index (χ1n) is 6.16. The number of methoxy groups -OCH3 is 1. The van der Waals surface area contributed by atoms with Gasteiger partial charge in [0.25, 0.3) is 0 Å². The zero-order chi connectivity index (χ0) is 11.3. The fourth-order valence-electron chi connectivity index (χ4n) is 4.11. The second-order valence-electron chi connectivity index (χ2n) is 5.53. The quantitative estimate of drug-likeness (QED) is 0.540. The molecule has 0 saturated heterocycles. The van der Waals surface area contributed by atoms with Crippen LogP contribution in [0.1, 0.15) is 25.7 Å². The van der Waals surface area contributed by atoms with E-state index in [0.717, 1.165) is 24.3 Å². The summed E-state index contributed by atoms with van der Waals surface area (Å²) < 4.78 is 4.69. The van der Waals surface area contributed by atoms with Gasteiger partial charge in [-0.05, 0) is 43.4 Å². The smallest absolute Gasteiger partial charge is 0.330 e. The van der Waals surface area contributed by atoms with Crippen LogP contribution in [0.2, 0.25) is 0 Å². The third-order valence-electron chi connectivity index (χ3n) is 4.71. The summed E-state index contributed by atoms with van der Waals surface area (Å²) in [6, 6.07) is 0. The molecule has 4 aliphatic rings. The molecule has 4 aliphatic carbocycles. The number of rotatable bonds is 1. The molecule has 0 aromatic rings. The van der Waals surface area contributed by atoms with Crippen molar-refractivity contribution in [2.24, 2.45) is 23.7 Å². The molecule has 4 bridgehead atoms. The van der Waals surface area contributed by atoms with E-state index in [9.17, 15) is 9.90 Å². The maximum absolute atomic E-state index is 11.3. The van der Waals surface area contributed by atoms with Crippen LogP contribution in [0.25, 0.3) is 0 Å². The summed E-state index contributed by atoms with van der Waals surface area (Å²) in [6.07, 6.45) is 5.95. The molecule has 16 heavy (non-hydrogen) atoms. The van der Waals surface area contributed by atoms with E-state index in [1.54, 1.807) is 6.08 Å². The molecule has 4 saturated carbocycles. The van der Waals surface area contributed by atoms with Gasteiger partial charge in [0.15, 0.2) is 0 Å². The fraction of sp³-hybridized carbons (Fsp3) is 0.769. The van der Waals surface area contributed by atoms with Crippen molar-refractivity contribution < 1.29 is 14.6 Å². The summed E-state index contributed by atoms with van der Waals surface area (Å²) >= 11 is 0. The molecule has 0 aromatic heterocycles. The van der Waals surface area contributed by atoms with E-state index in [2.05, 4.69) is 0 Å². The molecule has 0 aliphatic heterocycles. The van der Waals surface area contributed by atoms with Crippen molar-refractivity contribution in [1.82, 2.24) is 0 Å². The summed E-state index contributed by atoms with van der Waals surface area (Å²) in [5.41, 5.74) is 1.16. The van der Waals surface area contributed by atoms with Gasteiger partial charge < -0.3 is 9.84 Å². The van der Waals surface area contributed by atoms with E-state index in [1.165, 1.54) is 20.0 Å². The number of aliphatic hydroxyl groups is 1. The lowest BCUT2D eigenvalue weighted by Crippen LogP contribution is -2.49. The Kier molecular flexibility index (Phi) is 2.32. The lowest BCUT2D eigenvalue weighted by Gasteiger charge is -2.54. The van der Waals surface area contributed by atoms with Gasteiger partial charge in [-0.1, -0.05) is 5.57 Å². The average molecular weight is 222 g/mol. The highest BCUT2D eigenvalue weighted by Gasteiger charge is 2.50. The molecule has 0 spiro atoms. The van der Waals surface area contributed by atoms with E-state index < -0.39 is 0 Å². The maximum atomic E-state index is 11.3. The van der Waals surface area contributed by atoms with Crippen molar-refractivity contribution in [3.63, 3.8) is 0 Å². The van der Waals surface area contributed by atoms with E-state index in [0.29, 0.717) is 11.8 Å².